The molecule has 0 saturated carbocycles. The number of rotatable bonds is 9. The van der Waals surface area contributed by atoms with Crippen LogP contribution in [0, 0.1) is 0 Å². The molecule has 1 unspecified atom stereocenters. The molecule has 0 aliphatic carbocycles. The second-order valence-corrected chi connectivity index (χ2v) is 8.59. The fourth-order valence-corrected chi connectivity index (χ4v) is 3.33. The number of hydrogen-bond donors (Lipinski definition) is 2. The predicted octanol–water partition coefficient (Wildman–Crippen LogP) is 2.36. The minimum absolute atomic E-state index is 0.0314. The summed E-state index contributed by atoms with van der Waals surface area (Å²) < 4.78 is 26.8. The lowest BCUT2D eigenvalue weighted by Gasteiger charge is -2.12. The maximum Gasteiger partial charge on any atom is 0.215 e. The van der Waals surface area contributed by atoms with Gasteiger partial charge in [-0.3, -0.25) is 0 Å². The van der Waals surface area contributed by atoms with Gasteiger partial charge in [0.1, 0.15) is 0 Å². The van der Waals surface area contributed by atoms with Crippen LogP contribution >= 0.6 is 11.8 Å². The van der Waals surface area contributed by atoms with Crippen LogP contribution in [0.5, 0.6) is 0 Å². The molecular weight excluding hydrogens is 304 g/mol. The Hall–Kier alpha value is -0.560. The van der Waals surface area contributed by atoms with Crippen molar-refractivity contribution in [3.05, 3.63) is 35.4 Å². The summed E-state index contributed by atoms with van der Waals surface area (Å²) >= 11 is 1.65. The number of sulfonamides is 1. The smallest absolute Gasteiger partial charge is 0.215 e. The molecule has 0 aliphatic heterocycles. The van der Waals surface area contributed by atoms with Gasteiger partial charge in [0.05, 0.1) is 5.75 Å². The van der Waals surface area contributed by atoms with Crippen LogP contribution in [0.25, 0.3) is 0 Å². The van der Waals surface area contributed by atoms with Gasteiger partial charge in [-0.2, -0.15) is 11.8 Å². The first-order valence-corrected chi connectivity index (χ1v) is 10.1. The quantitative estimate of drug-likeness (QED) is 0.730. The molecule has 0 saturated heterocycles. The zero-order valence-corrected chi connectivity index (χ0v) is 14.9. The molecule has 0 heterocycles. The fraction of sp³-hybridized carbons (Fsp3) is 0.600. The maximum absolute atomic E-state index is 12.1. The van der Waals surface area contributed by atoms with Crippen LogP contribution in [0.3, 0.4) is 0 Å². The Bertz CT molecular complexity index is 530. The molecule has 4 nitrogen and oxygen atoms in total. The molecule has 0 spiro atoms. The SMILES string of the molecule is CSC(C)CNS(=O)(=O)Cc1cccc(CNC(C)C)c1. The van der Waals surface area contributed by atoms with E-state index in [-0.39, 0.29) is 11.0 Å². The predicted molar refractivity (Wildman–Crippen MR) is 92.0 cm³/mol. The topological polar surface area (TPSA) is 58.2 Å². The lowest BCUT2D eigenvalue weighted by molar-refractivity contribution is 0.580. The molecule has 21 heavy (non-hydrogen) atoms. The van der Waals surface area contributed by atoms with Gasteiger partial charge in [-0.25, -0.2) is 13.1 Å². The third kappa shape index (κ3) is 7.85. The Kier molecular flexibility index (Phi) is 7.73. The maximum atomic E-state index is 12.1. The van der Waals surface area contributed by atoms with Crippen molar-refractivity contribution in [1.29, 1.82) is 0 Å². The van der Waals surface area contributed by atoms with Gasteiger partial charge in [0, 0.05) is 24.4 Å². The highest BCUT2D eigenvalue weighted by molar-refractivity contribution is 7.99. The zero-order valence-electron chi connectivity index (χ0n) is 13.2. The van der Waals surface area contributed by atoms with Crippen LogP contribution < -0.4 is 10.0 Å². The molecule has 0 radical (unpaired) electrons. The van der Waals surface area contributed by atoms with Crippen LogP contribution in [0.15, 0.2) is 24.3 Å². The molecular formula is C15H26N2O2S2. The second kappa shape index (κ2) is 8.78. The molecule has 1 aromatic carbocycles. The van der Waals surface area contributed by atoms with Crippen molar-refractivity contribution in [3.63, 3.8) is 0 Å². The van der Waals surface area contributed by atoms with E-state index < -0.39 is 10.0 Å². The number of hydrogen-bond acceptors (Lipinski definition) is 4. The van der Waals surface area contributed by atoms with Crippen molar-refractivity contribution < 1.29 is 8.42 Å². The van der Waals surface area contributed by atoms with Gasteiger partial charge >= 0.3 is 0 Å². The lowest BCUT2D eigenvalue weighted by Crippen LogP contribution is -2.30. The molecule has 6 heteroatoms. The molecule has 120 valence electrons. The molecule has 0 aliphatic rings. The number of nitrogens with one attached hydrogen (secondary N) is 2. The van der Waals surface area contributed by atoms with E-state index in [0.717, 1.165) is 17.7 Å². The standard InChI is InChI=1S/C15H26N2O2S2/c1-12(2)16-10-14-6-5-7-15(8-14)11-21(18,19)17-9-13(3)20-4/h5-8,12-13,16-17H,9-11H2,1-4H3. The van der Waals surface area contributed by atoms with E-state index in [9.17, 15) is 8.42 Å². The molecule has 0 bridgehead atoms. The van der Waals surface area contributed by atoms with Gasteiger partial charge in [-0.15, -0.1) is 0 Å². The Morgan fingerprint density at radius 2 is 1.86 bits per heavy atom. The molecule has 2 N–H and O–H groups in total. The van der Waals surface area contributed by atoms with Gasteiger partial charge < -0.3 is 5.32 Å². The van der Waals surface area contributed by atoms with Crippen LogP contribution in [-0.2, 0) is 22.3 Å². The summed E-state index contributed by atoms with van der Waals surface area (Å²) in [5, 5.41) is 3.61. The Morgan fingerprint density at radius 1 is 1.19 bits per heavy atom. The van der Waals surface area contributed by atoms with E-state index >= 15 is 0 Å². The van der Waals surface area contributed by atoms with E-state index in [1.54, 1.807) is 11.8 Å². The highest BCUT2D eigenvalue weighted by Gasteiger charge is 2.13. The summed E-state index contributed by atoms with van der Waals surface area (Å²) in [4.78, 5) is 0. The first kappa shape index (κ1) is 18.5. The highest BCUT2D eigenvalue weighted by atomic mass is 32.2. The summed E-state index contributed by atoms with van der Waals surface area (Å²) in [6.45, 7) is 7.41. The fourth-order valence-electron chi connectivity index (χ4n) is 1.75. The Balaban J connectivity index is 2.63. The van der Waals surface area contributed by atoms with Crippen LogP contribution in [0.2, 0.25) is 0 Å². The monoisotopic (exact) mass is 330 g/mol. The largest absolute Gasteiger partial charge is 0.310 e. The molecule has 0 aromatic heterocycles. The van der Waals surface area contributed by atoms with Gasteiger partial charge in [-0.05, 0) is 17.4 Å². The summed E-state index contributed by atoms with van der Waals surface area (Å²) in [5.74, 6) is 0.0314. The van der Waals surface area contributed by atoms with Gasteiger partial charge in [0.2, 0.25) is 10.0 Å². The van der Waals surface area contributed by atoms with Gasteiger partial charge in [-0.1, -0.05) is 45.0 Å². The first-order chi connectivity index (χ1) is 9.82. The van der Waals surface area contributed by atoms with Crippen molar-refractivity contribution in [2.75, 3.05) is 12.8 Å². The van der Waals surface area contributed by atoms with E-state index in [2.05, 4.69) is 23.9 Å². The summed E-state index contributed by atoms with van der Waals surface area (Å²) in [6.07, 6.45) is 1.98. The van der Waals surface area contributed by atoms with E-state index in [1.807, 2.05) is 37.4 Å². The average molecular weight is 331 g/mol. The summed E-state index contributed by atoms with van der Waals surface area (Å²) in [6, 6.07) is 8.14. The first-order valence-electron chi connectivity index (χ1n) is 7.13. The Labute approximate surface area is 133 Å². The zero-order chi connectivity index (χ0) is 15.9. The number of benzene rings is 1. The molecule has 0 fully saturated rings. The highest BCUT2D eigenvalue weighted by Crippen LogP contribution is 2.10. The van der Waals surface area contributed by atoms with Crippen molar-refractivity contribution in [1.82, 2.24) is 10.0 Å². The second-order valence-electron chi connectivity index (χ2n) is 5.51. The molecule has 1 atom stereocenters. The van der Waals surface area contributed by atoms with E-state index in [0.29, 0.717) is 12.6 Å². The molecule has 1 rings (SSSR count). The summed E-state index contributed by atoms with van der Waals surface area (Å²) in [7, 11) is -3.27. The van der Waals surface area contributed by atoms with Gasteiger partial charge in [0.15, 0.2) is 0 Å². The average Bonchev–Trinajstić information content (AvgIpc) is 2.42. The Morgan fingerprint density at radius 3 is 2.48 bits per heavy atom. The van der Waals surface area contributed by atoms with Crippen LogP contribution in [0.1, 0.15) is 31.9 Å². The normalized spacial score (nSPS) is 13.6. The lowest BCUT2D eigenvalue weighted by atomic mass is 10.1. The third-order valence-electron chi connectivity index (χ3n) is 3.06. The van der Waals surface area contributed by atoms with Crippen molar-refractivity contribution >= 4 is 21.8 Å². The minimum Gasteiger partial charge on any atom is -0.310 e. The third-order valence-corrected chi connectivity index (χ3v) is 5.35. The van der Waals surface area contributed by atoms with Crippen LogP contribution in [-0.4, -0.2) is 32.5 Å². The van der Waals surface area contributed by atoms with E-state index in [1.165, 1.54) is 0 Å². The minimum atomic E-state index is -3.27. The van der Waals surface area contributed by atoms with E-state index in [4.69, 9.17) is 0 Å². The summed E-state index contributed by atoms with van der Waals surface area (Å²) in [5.41, 5.74) is 1.93. The van der Waals surface area contributed by atoms with Gasteiger partial charge in [0.25, 0.3) is 0 Å². The van der Waals surface area contributed by atoms with Crippen LogP contribution in [0.4, 0.5) is 0 Å². The molecule has 0 amide bonds. The van der Waals surface area contributed by atoms with Crippen molar-refractivity contribution in [2.45, 2.75) is 44.4 Å². The molecule has 1 aromatic rings. The van der Waals surface area contributed by atoms with Crippen molar-refractivity contribution in [3.8, 4) is 0 Å². The van der Waals surface area contributed by atoms with Crippen molar-refractivity contribution in [2.24, 2.45) is 0 Å². The number of thioether (sulfide) groups is 1.